The van der Waals surface area contributed by atoms with Crippen LogP contribution in [0.4, 0.5) is 0 Å². The number of hydrogen-bond donors (Lipinski definition) is 2. The maximum Gasteiger partial charge on any atom is 0.306 e. The van der Waals surface area contributed by atoms with E-state index in [-0.39, 0.29) is 23.8 Å². The van der Waals surface area contributed by atoms with Gasteiger partial charge >= 0.3 is 5.97 Å². The zero-order valence-corrected chi connectivity index (χ0v) is 13.7. The average molecular weight is 313 g/mol. The highest BCUT2D eigenvalue weighted by Gasteiger charge is 2.20. The van der Waals surface area contributed by atoms with Gasteiger partial charge < -0.3 is 10.4 Å². The van der Waals surface area contributed by atoms with Crippen molar-refractivity contribution in [2.45, 2.75) is 58.9 Å². The van der Waals surface area contributed by atoms with Crippen LogP contribution in [-0.2, 0) is 4.79 Å². The van der Waals surface area contributed by atoms with Gasteiger partial charge in [0.1, 0.15) is 4.88 Å². The smallest absolute Gasteiger partial charge is 0.306 e. The molecule has 1 heterocycles. The first-order valence-corrected chi connectivity index (χ1v) is 7.96. The van der Waals surface area contributed by atoms with Crippen molar-refractivity contribution in [2.24, 2.45) is 5.92 Å². The second-order valence-corrected chi connectivity index (χ2v) is 6.44. The lowest BCUT2D eigenvalue weighted by Gasteiger charge is -2.14. The van der Waals surface area contributed by atoms with E-state index < -0.39 is 5.97 Å². The summed E-state index contributed by atoms with van der Waals surface area (Å²) in [6.45, 7) is 7.57. The van der Waals surface area contributed by atoms with Gasteiger partial charge in [-0.05, 0) is 37.2 Å². The predicted octanol–water partition coefficient (Wildman–Crippen LogP) is 2.67. The highest BCUT2D eigenvalue weighted by molar-refractivity contribution is 7.08. The minimum atomic E-state index is -0.774. The van der Waals surface area contributed by atoms with Gasteiger partial charge in [0.05, 0.1) is 11.6 Å². The number of nitrogens with zero attached hydrogens (tertiary/aromatic N) is 2. The van der Waals surface area contributed by atoms with Crippen molar-refractivity contribution in [3.63, 3.8) is 0 Å². The summed E-state index contributed by atoms with van der Waals surface area (Å²) >= 11 is 1.11. The van der Waals surface area contributed by atoms with Crippen molar-refractivity contribution in [1.82, 2.24) is 14.9 Å². The van der Waals surface area contributed by atoms with E-state index in [0.717, 1.165) is 30.1 Å². The number of carboxylic acid groups (broad SMARTS) is 1. The van der Waals surface area contributed by atoms with Gasteiger partial charge in [0, 0.05) is 6.04 Å². The number of carboxylic acids is 1. The molecule has 118 valence electrons. The summed E-state index contributed by atoms with van der Waals surface area (Å²) < 4.78 is 3.84. The minimum absolute atomic E-state index is 0.000562. The van der Waals surface area contributed by atoms with E-state index in [0.29, 0.717) is 11.3 Å². The molecule has 0 fully saturated rings. The molecule has 0 aliphatic carbocycles. The van der Waals surface area contributed by atoms with Crippen LogP contribution in [0.3, 0.4) is 0 Å². The zero-order chi connectivity index (χ0) is 16.0. The maximum atomic E-state index is 12.2. The van der Waals surface area contributed by atoms with E-state index in [1.807, 2.05) is 20.8 Å². The van der Waals surface area contributed by atoms with Crippen molar-refractivity contribution in [1.29, 1.82) is 0 Å². The average Bonchev–Trinajstić information content (AvgIpc) is 2.87. The predicted molar refractivity (Wildman–Crippen MR) is 81.6 cm³/mol. The van der Waals surface area contributed by atoms with Gasteiger partial charge in [0.15, 0.2) is 0 Å². The number of carbonyl (C=O) groups excluding carboxylic acids is 1. The molecule has 0 aliphatic heterocycles. The first-order valence-electron chi connectivity index (χ1n) is 7.18. The molecule has 0 aliphatic rings. The summed E-state index contributed by atoms with van der Waals surface area (Å²) in [5.41, 5.74) is 0.726. The van der Waals surface area contributed by atoms with Gasteiger partial charge in [-0.3, -0.25) is 9.59 Å². The normalized spacial score (nSPS) is 14.0. The Kier molecular flexibility index (Phi) is 6.74. The van der Waals surface area contributed by atoms with E-state index in [1.165, 1.54) is 0 Å². The van der Waals surface area contributed by atoms with Crippen molar-refractivity contribution < 1.29 is 14.7 Å². The number of rotatable bonds is 8. The first kappa shape index (κ1) is 17.6. The number of hydrogen-bond acceptors (Lipinski definition) is 5. The molecule has 1 aromatic heterocycles. The molecular weight excluding hydrogens is 290 g/mol. The minimum Gasteiger partial charge on any atom is -0.481 e. The standard InChI is InChI=1S/C14H23N3O3S/c1-8(2)11-12(21-17-16-11)13(18)15-10(4)7-5-6-9(3)14(19)20/h8-10H,5-7H2,1-4H3,(H,15,18)(H,19,20). The summed E-state index contributed by atoms with van der Waals surface area (Å²) in [7, 11) is 0. The number of amides is 1. The van der Waals surface area contributed by atoms with Crippen LogP contribution >= 0.6 is 11.5 Å². The van der Waals surface area contributed by atoms with Crippen LogP contribution in [-0.4, -0.2) is 32.6 Å². The van der Waals surface area contributed by atoms with Gasteiger partial charge in [-0.15, -0.1) is 5.10 Å². The Morgan fingerprint density at radius 3 is 2.48 bits per heavy atom. The number of aromatic nitrogens is 2. The van der Waals surface area contributed by atoms with Crippen molar-refractivity contribution in [3.8, 4) is 0 Å². The molecule has 1 aromatic rings. The van der Waals surface area contributed by atoms with E-state index in [1.54, 1.807) is 6.92 Å². The van der Waals surface area contributed by atoms with E-state index in [4.69, 9.17) is 5.11 Å². The summed E-state index contributed by atoms with van der Waals surface area (Å²) in [6, 6.07) is 0.000562. The third-order valence-corrected chi connectivity index (χ3v) is 4.08. The molecule has 1 amide bonds. The quantitative estimate of drug-likeness (QED) is 0.769. The summed E-state index contributed by atoms with van der Waals surface area (Å²) in [4.78, 5) is 23.5. The molecule has 2 N–H and O–H groups in total. The van der Waals surface area contributed by atoms with Gasteiger partial charge in [-0.1, -0.05) is 31.7 Å². The van der Waals surface area contributed by atoms with E-state index in [9.17, 15) is 9.59 Å². The molecule has 2 unspecified atom stereocenters. The third kappa shape index (κ3) is 5.41. The van der Waals surface area contributed by atoms with Crippen molar-refractivity contribution in [2.75, 3.05) is 0 Å². The molecule has 0 saturated heterocycles. The van der Waals surface area contributed by atoms with Crippen LogP contribution < -0.4 is 5.32 Å². The Morgan fingerprint density at radius 2 is 1.90 bits per heavy atom. The Hall–Kier alpha value is -1.50. The molecular formula is C14H23N3O3S. The lowest BCUT2D eigenvalue weighted by Crippen LogP contribution is -2.32. The van der Waals surface area contributed by atoms with Crippen LogP contribution in [0.5, 0.6) is 0 Å². The molecule has 0 spiro atoms. The number of aliphatic carboxylic acids is 1. The van der Waals surface area contributed by atoms with Crippen LogP contribution in [0.2, 0.25) is 0 Å². The monoisotopic (exact) mass is 313 g/mol. The second kappa shape index (κ2) is 8.07. The summed E-state index contributed by atoms with van der Waals surface area (Å²) in [6.07, 6.45) is 2.15. The molecule has 21 heavy (non-hydrogen) atoms. The van der Waals surface area contributed by atoms with Crippen LogP contribution in [0.25, 0.3) is 0 Å². The fourth-order valence-corrected chi connectivity index (χ4v) is 2.67. The van der Waals surface area contributed by atoms with Crippen LogP contribution in [0, 0.1) is 5.92 Å². The van der Waals surface area contributed by atoms with Gasteiger partial charge in [0.25, 0.3) is 5.91 Å². The highest BCUT2D eigenvalue weighted by Crippen LogP contribution is 2.19. The van der Waals surface area contributed by atoms with Crippen LogP contribution in [0.15, 0.2) is 0 Å². The van der Waals surface area contributed by atoms with Crippen molar-refractivity contribution in [3.05, 3.63) is 10.6 Å². The van der Waals surface area contributed by atoms with Crippen molar-refractivity contribution >= 4 is 23.4 Å². The van der Waals surface area contributed by atoms with E-state index >= 15 is 0 Å². The second-order valence-electron chi connectivity index (χ2n) is 5.69. The Bertz CT molecular complexity index is 488. The molecule has 2 atom stereocenters. The molecule has 0 radical (unpaired) electrons. The number of nitrogens with one attached hydrogen (secondary N) is 1. The SMILES string of the molecule is CC(CCCC(C)C(=O)O)NC(=O)c1snnc1C(C)C. The molecule has 6 nitrogen and oxygen atoms in total. The first-order chi connectivity index (χ1) is 9.82. The van der Waals surface area contributed by atoms with Crippen LogP contribution in [0.1, 0.15) is 68.2 Å². The Morgan fingerprint density at radius 1 is 1.24 bits per heavy atom. The van der Waals surface area contributed by atoms with Gasteiger partial charge in [0.2, 0.25) is 0 Å². The molecule has 0 saturated carbocycles. The fraction of sp³-hybridized carbons (Fsp3) is 0.714. The Labute approximate surface area is 129 Å². The molecule has 0 bridgehead atoms. The highest BCUT2D eigenvalue weighted by atomic mass is 32.1. The Balaban J connectivity index is 2.44. The summed E-state index contributed by atoms with van der Waals surface area (Å²) in [5.74, 6) is -1.10. The fourth-order valence-electron chi connectivity index (χ4n) is 1.95. The lowest BCUT2D eigenvalue weighted by molar-refractivity contribution is -0.141. The topological polar surface area (TPSA) is 92.2 Å². The maximum absolute atomic E-state index is 12.2. The largest absolute Gasteiger partial charge is 0.481 e. The zero-order valence-electron chi connectivity index (χ0n) is 12.9. The summed E-state index contributed by atoms with van der Waals surface area (Å²) in [5, 5.41) is 15.7. The molecule has 7 heteroatoms. The molecule has 0 aromatic carbocycles. The van der Waals surface area contributed by atoms with Gasteiger partial charge in [-0.25, -0.2) is 0 Å². The lowest BCUT2D eigenvalue weighted by atomic mass is 10.0. The molecule has 1 rings (SSSR count). The van der Waals surface area contributed by atoms with E-state index in [2.05, 4.69) is 14.9 Å². The third-order valence-electron chi connectivity index (χ3n) is 3.34. The van der Waals surface area contributed by atoms with Gasteiger partial charge in [-0.2, -0.15) is 0 Å². The number of carbonyl (C=O) groups is 2.